The first-order chi connectivity index (χ1) is 9.17. The Bertz CT molecular complexity index is 495. The van der Waals surface area contributed by atoms with Crippen LogP contribution in [0.1, 0.15) is 29.5 Å². The van der Waals surface area contributed by atoms with Crippen LogP contribution in [0, 0.1) is 0 Å². The van der Waals surface area contributed by atoms with Gasteiger partial charge in [-0.15, -0.1) is 0 Å². The summed E-state index contributed by atoms with van der Waals surface area (Å²) in [6, 6.07) is 6.44. The van der Waals surface area contributed by atoms with Gasteiger partial charge in [-0.2, -0.15) is 11.8 Å². The zero-order valence-electron chi connectivity index (χ0n) is 10.9. The summed E-state index contributed by atoms with van der Waals surface area (Å²) in [5.41, 5.74) is 2.84. The summed E-state index contributed by atoms with van der Waals surface area (Å²) in [5.74, 6) is 1.16. The molecule has 3 rings (SSSR count). The van der Waals surface area contributed by atoms with Crippen LogP contribution in [0.3, 0.4) is 0 Å². The van der Waals surface area contributed by atoms with Gasteiger partial charge in [0, 0.05) is 12.3 Å². The smallest absolute Gasteiger partial charge is 0.253 e. The Morgan fingerprint density at radius 1 is 1.37 bits per heavy atom. The monoisotopic (exact) mass is 277 g/mol. The molecule has 0 spiro atoms. The van der Waals surface area contributed by atoms with Crippen molar-refractivity contribution in [3.05, 3.63) is 34.9 Å². The molecule has 1 saturated heterocycles. The van der Waals surface area contributed by atoms with E-state index in [0.717, 1.165) is 17.7 Å². The fourth-order valence-corrected chi connectivity index (χ4v) is 4.05. The quantitative estimate of drug-likeness (QED) is 0.883. The molecule has 1 aliphatic carbocycles. The number of hydrogen-bond acceptors (Lipinski definition) is 3. The van der Waals surface area contributed by atoms with Crippen molar-refractivity contribution in [3.63, 3.8) is 0 Å². The van der Waals surface area contributed by atoms with Crippen molar-refractivity contribution >= 4 is 17.7 Å². The molecule has 2 aliphatic rings. The number of thioether (sulfide) groups is 1. The summed E-state index contributed by atoms with van der Waals surface area (Å²) in [5, 5.41) is 13.0. The molecule has 3 nitrogen and oxygen atoms in total. The Kier molecular flexibility index (Phi) is 3.54. The van der Waals surface area contributed by atoms with Crippen molar-refractivity contribution in [2.45, 2.75) is 37.8 Å². The number of aliphatic hydroxyl groups is 1. The Morgan fingerprint density at radius 2 is 2.21 bits per heavy atom. The highest BCUT2D eigenvalue weighted by Crippen LogP contribution is 2.28. The zero-order valence-corrected chi connectivity index (χ0v) is 11.8. The van der Waals surface area contributed by atoms with Gasteiger partial charge < -0.3 is 10.4 Å². The van der Waals surface area contributed by atoms with Gasteiger partial charge in [0.05, 0.1) is 0 Å². The first-order valence-corrected chi connectivity index (χ1v) is 8.02. The lowest BCUT2D eigenvalue weighted by atomic mass is 10.0. The van der Waals surface area contributed by atoms with Crippen LogP contribution in [0.15, 0.2) is 18.2 Å². The highest BCUT2D eigenvalue weighted by atomic mass is 32.2. The summed E-state index contributed by atoms with van der Waals surface area (Å²) in [7, 11) is 0. The first kappa shape index (κ1) is 13.0. The SMILES string of the molecule is O=C(NCc1ccc2c(c1)CCC2)C1(O)CCSC1. The predicted octanol–water partition coefficient (Wildman–Crippen LogP) is 1.66. The molecule has 2 N–H and O–H groups in total. The van der Waals surface area contributed by atoms with Crippen LogP contribution in [0.5, 0.6) is 0 Å². The number of benzene rings is 1. The Balaban J connectivity index is 1.61. The van der Waals surface area contributed by atoms with Crippen LogP contribution in [-0.4, -0.2) is 28.1 Å². The summed E-state index contributed by atoms with van der Waals surface area (Å²) < 4.78 is 0. The van der Waals surface area contributed by atoms with Crippen LogP contribution in [0.2, 0.25) is 0 Å². The number of nitrogens with one attached hydrogen (secondary N) is 1. The van der Waals surface area contributed by atoms with E-state index in [1.807, 2.05) is 0 Å². The minimum absolute atomic E-state index is 0.224. The van der Waals surface area contributed by atoms with E-state index in [9.17, 15) is 9.90 Å². The van der Waals surface area contributed by atoms with Crippen LogP contribution in [-0.2, 0) is 24.2 Å². The zero-order chi connectivity index (χ0) is 13.3. The molecule has 0 saturated carbocycles. The maximum absolute atomic E-state index is 12.0. The molecule has 1 fully saturated rings. The van der Waals surface area contributed by atoms with Gasteiger partial charge in [-0.05, 0) is 48.1 Å². The molecule has 1 aromatic carbocycles. The van der Waals surface area contributed by atoms with Crippen molar-refractivity contribution in [2.24, 2.45) is 0 Å². The van der Waals surface area contributed by atoms with Gasteiger partial charge in [0.1, 0.15) is 0 Å². The molecule has 19 heavy (non-hydrogen) atoms. The lowest BCUT2D eigenvalue weighted by Crippen LogP contribution is -2.46. The van der Waals surface area contributed by atoms with Crippen LogP contribution < -0.4 is 5.32 Å². The molecule has 0 bridgehead atoms. The van der Waals surface area contributed by atoms with Crippen LogP contribution in [0.4, 0.5) is 0 Å². The Hall–Kier alpha value is -1.00. The third-order valence-corrected chi connectivity index (χ3v) is 5.21. The van der Waals surface area contributed by atoms with Gasteiger partial charge in [-0.25, -0.2) is 0 Å². The highest BCUT2D eigenvalue weighted by Gasteiger charge is 2.39. The fraction of sp³-hybridized carbons (Fsp3) is 0.533. The largest absolute Gasteiger partial charge is 0.379 e. The van der Waals surface area contributed by atoms with Gasteiger partial charge in [0.15, 0.2) is 5.60 Å². The molecule has 0 aromatic heterocycles. The number of hydrogen-bond donors (Lipinski definition) is 2. The maximum Gasteiger partial charge on any atom is 0.253 e. The van der Waals surface area contributed by atoms with Gasteiger partial charge >= 0.3 is 0 Å². The topological polar surface area (TPSA) is 49.3 Å². The maximum atomic E-state index is 12.0. The van der Waals surface area contributed by atoms with Gasteiger partial charge in [0.2, 0.25) is 0 Å². The minimum atomic E-state index is -1.15. The molecular formula is C15H19NO2S. The summed E-state index contributed by atoms with van der Waals surface area (Å²) >= 11 is 1.64. The van der Waals surface area contributed by atoms with E-state index in [1.165, 1.54) is 24.0 Å². The molecule has 1 aliphatic heterocycles. The molecule has 0 radical (unpaired) electrons. The molecule has 1 unspecified atom stereocenters. The lowest BCUT2D eigenvalue weighted by molar-refractivity contribution is -0.137. The number of fused-ring (bicyclic) bond motifs is 1. The second-order valence-electron chi connectivity index (χ2n) is 5.47. The Morgan fingerprint density at radius 3 is 3.00 bits per heavy atom. The average molecular weight is 277 g/mol. The van der Waals surface area contributed by atoms with E-state index >= 15 is 0 Å². The molecule has 1 atom stereocenters. The van der Waals surface area contributed by atoms with Gasteiger partial charge in [-0.3, -0.25) is 4.79 Å². The van der Waals surface area contributed by atoms with E-state index in [-0.39, 0.29) is 5.91 Å². The van der Waals surface area contributed by atoms with Gasteiger partial charge in [-0.1, -0.05) is 18.2 Å². The van der Waals surface area contributed by atoms with Crippen molar-refractivity contribution in [3.8, 4) is 0 Å². The predicted molar refractivity (Wildman–Crippen MR) is 77.2 cm³/mol. The van der Waals surface area contributed by atoms with E-state index in [1.54, 1.807) is 11.8 Å². The molecule has 1 heterocycles. The summed E-state index contributed by atoms with van der Waals surface area (Å²) in [6.45, 7) is 0.513. The van der Waals surface area contributed by atoms with Crippen molar-refractivity contribution < 1.29 is 9.90 Å². The van der Waals surface area contributed by atoms with Crippen LogP contribution in [0.25, 0.3) is 0 Å². The van der Waals surface area contributed by atoms with Crippen molar-refractivity contribution in [2.75, 3.05) is 11.5 Å². The second kappa shape index (κ2) is 5.17. The normalized spacial score (nSPS) is 25.3. The molecule has 1 aromatic rings. The summed E-state index contributed by atoms with van der Waals surface area (Å²) in [4.78, 5) is 12.0. The third kappa shape index (κ3) is 2.65. The second-order valence-corrected chi connectivity index (χ2v) is 6.58. The van der Waals surface area contributed by atoms with Crippen LogP contribution >= 0.6 is 11.8 Å². The first-order valence-electron chi connectivity index (χ1n) is 6.86. The van der Waals surface area contributed by atoms with Gasteiger partial charge in [0.25, 0.3) is 5.91 Å². The number of aryl methyl sites for hydroxylation is 2. The molecule has 4 heteroatoms. The molecular weight excluding hydrogens is 258 g/mol. The van der Waals surface area contributed by atoms with E-state index in [2.05, 4.69) is 23.5 Å². The average Bonchev–Trinajstić information content (AvgIpc) is 3.04. The third-order valence-electron chi connectivity index (χ3n) is 4.04. The highest BCUT2D eigenvalue weighted by molar-refractivity contribution is 7.99. The van der Waals surface area contributed by atoms with Crippen molar-refractivity contribution in [1.82, 2.24) is 5.32 Å². The number of amides is 1. The minimum Gasteiger partial charge on any atom is -0.379 e. The molecule has 1 amide bonds. The fourth-order valence-electron chi connectivity index (χ4n) is 2.82. The summed E-state index contributed by atoms with van der Waals surface area (Å²) in [6.07, 6.45) is 4.13. The molecule has 102 valence electrons. The van der Waals surface area contributed by atoms with E-state index < -0.39 is 5.60 Å². The standard InChI is InChI=1S/C15H19NO2S/c17-14(15(18)6-7-19-10-15)16-9-11-4-5-12-2-1-3-13(12)8-11/h4-5,8,18H,1-3,6-7,9-10H2,(H,16,17). The lowest BCUT2D eigenvalue weighted by Gasteiger charge is -2.20. The number of carbonyl (C=O) groups is 1. The van der Waals surface area contributed by atoms with E-state index in [4.69, 9.17) is 0 Å². The number of carbonyl (C=O) groups excluding carboxylic acids is 1. The number of rotatable bonds is 3. The Labute approximate surface area is 117 Å². The van der Waals surface area contributed by atoms with E-state index in [0.29, 0.717) is 18.7 Å². The van der Waals surface area contributed by atoms with Crippen molar-refractivity contribution in [1.29, 1.82) is 0 Å².